The van der Waals surface area contributed by atoms with Gasteiger partial charge >= 0.3 is 11.4 Å². The predicted molar refractivity (Wildman–Crippen MR) is 101 cm³/mol. The lowest BCUT2D eigenvalue weighted by molar-refractivity contribution is -0.137. The smallest absolute Gasteiger partial charge is 0.372 e. The van der Waals surface area contributed by atoms with Gasteiger partial charge in [0.1, 0.15) is 6.10 Å². The van der Waals surface area contributed by atoms with Gasteiger partial charge in [-0.05, 0) is 38.0 Å². The number of hydrogen-bond donors (Lipinski definition) is 1. The van der Waals surface area contributed by atoms with Crippen molar-refractivity contribution in [3.63, 3.8) is 0 Å². The van der Waals surface area contributed by atoms with Crippen molar-refractivity contribution >= 4 is 19.7 Å². The summed E-state index contributed by atoms with van der Waals surface area (Å²) >= 11 is 0. The highest BCUT2D eigenvalue weighted by Gasteiger charge is 2.47. The summed E-state index contributed by atoms with van der Waals surface area (Å²) in [6.45, 7) is 1.42. The summed E-state index contributed by atoms with van der Waals surface area (Å²) in [7, 11) is -9.35. The molecule has 1 saturated heterocycles. The molecule has 0 saturated carbocycles. The molecule has 0 aliphatic carbocycles. The molecule has 7 nitrogen and oxygen atoms in total. The standard InChI is InChI=1S/C18H19F5N2O5S2/c1-16(31(26,27)12-5-3-4-11(8-12)18(21,22)23)6-7-30-14(10-16)13-9-15(25-24-13)32(28,29)17(2,19)20/h3-5,8-9,14H,6-7,10H2,1-2H3,(H,24,25). The van der Waals surface area contributed by atoms with Crippen LogP contribution in [0.5, 0.6) is 0 Å². The zero-order valence-electron chi connectivity index (χ0n) is 16.8. The second-order valence-electron chi connectivity index (χ2n) is 7.77. The average Bonchev–Trinajstić information content (AvgIpc) is 3.17. The molecule has 2 unspecified atom stereocenters. The molecular weight excluding hydrogens is 483 g/mol. The molecule has 14 heteroatoms. The third kappa shape index (κ3) is 4.27. The Kier molecular flexibility index (Phi) is 5.96. The molecule has 1 fully saturated rings. The molecule has 1 aromatic heterocycles. The Morgan fingerprint density at radius 3 is 2.38 bits per heavy atom. The lowest BCUT2D eigenvalue weighted by Crippen LogP contribution is -2.42. The van der Waals surface area contributed by atoms with Crippen LogP contribution in [0.25, 0.3) is 0 Å². The van der Waals surface area contributed by atoms with Crippen molar-refractivity contribution in [3.8, 4) is 0 Å². The van der Waals surface area contributed by atoms with Crippen LogP contribution in [0.2, 0.25) is 0 Å². The van der Waals surface area contributed by atoms with E-state index in [0.717, 1.165) is 24.3 Å². The van der Waals surface area contributed by atoms with E-state index in [1.807, 2.05) is 0 Å². The normalized spacial score (nSPS) is 23.3. The number of aromatic nitrogens is 2. The first kappa shape index (κ1) is 24.6. The number of rotatable bonds is 5. The molecule has 0 radical (unpaired) electrons. The summed E-state index contributed by atoms with van der Waals surface area (Å²) in [5, 5.41) is 0.647. The predicted octanol–water partition coefficient (Wildman–Crippen LogP) is 3.90. The van der Waals surface area contributed by atoms with Crippen LogP contribution in [0.3, 0.4) is 0 Å². The van der Waals surface area contributed by atoms with Crippen LogP contribution in [-0.2, 0) is 30.6 Å². The maximum Gasteiger partial charge on any atom is 0.416 e. The number of alkyl halides is 5. The fourth-order valence-electron chi connectivity index (χ4n) is 3.34. The summed E-state index contributed by atoms with van der Waals surface area (Å²) in [5.74, 6) is 0. The number of benzene rings is 1. The van der Waals surface area contributed by atoms with Crippen molar-refractivity contribution in [1.82, 2.24) is 10.2 Å². The first-order valence-corrected chi connectivity index (χ1v) is 12.2. The molecule has 3 rings (SSSR count). The van der Waals surface area contributed by atoms with Gasteiger partial charge in [-0.25, -0.2) is 16.8 Å². The SMILES string of the molecule is CC(F)(F)S(=O)(=O)c1cc(C2CC(C)(S(=O)(=O)c3cccc(C(F)(F)F)c3)CCO2)[nH]n1. The lowest BCUT2D eigenvalue weighted by atomic mass is 9.95. The van der Waals surface area contributed by atoms with E-state index in [1.54, 1.807) is 0 Å². The lowest BCUT2D eigenvalue weighted by Gasteiger charge is -2.37. The molecule has 2 heterocycles. The molecular formula is C18H19F5N2O5S2. The molecule has 0 bridgehead atoms. The van der Waals surface area contributed by atoms with Crippen molar-refractivity contribution in [1.29, 1.82) is 0 Å². The van der Waals surface area contributed by atoms with Crippen LogP contribution in [0.4, 0.5) is 22.0 Å². The summed E-state index contributed by atoms with van der Waals surface area (Å²) in [6, 6.07) is 4.19. The Hall–Kier alpha value is -2.06. The van der Waals surface area contributed by atoms with Crippen molar-refractivity contribution in [2.45, 2.75) is 58.9 Å². The minimum atomic E-state index is -5.07. The number of halogens is 5. The van der Waals surface area contributed by atoms with Gasteiger partial charge in [-0.15, -0.1) is 0 Å². The van der Waals surface area contributed by atoms with Crippen LogP contribution < -0.4 is 0 Å². The molecule has 0 amide bonds. The minimum absolute atomic E-state index is 0.0435. The zero-order chi connectivity index (χ0) is 24.2. The van der Waals surface area contributed by atoms with E-state index >= 15 is 0 Å². The van der Waals surface area contributed by atoms with Gasteiger partial charge in [0.25, 0.3) is 9.84 Å². The fourth-order valence-corrected chi connectivity index (χ4v) is 5.99. The Labute approximate surface area is 180 Å². The maximum absolute atomic E-state index is 13.4. The summed E-state index contributed by atoms with van der Waals surface area (Å²) in [5.41, 5.74) is -1.16. The first-order valence-electron chi connectivity index (χ1n) is 9.20. The number of hydrogen-bond acceptors (Lipinski definition) is 6. The van der Waals surface area contributed by atoms with Crippen molar-refractivity contribution in [3.05, 3.63) is 41.6 Å². The highest BCUT2D eigenvalue weighted by atomic mass is 32.2. The van der Waals surface area contributed by atoms with Crippen LogP contribution in [0, 0.1) is 0 Å². The van der Waals surface area contributed by atoms with Crippen molar-refractivity contribution < 1.29 is 43.5 Å². The van der Waals surface area contributed by atoms with Gasteiger partial charge in [0.05, 0.1) is 20.9 Å². The van der Waals surface area contributed by atoms with E-state index in [9.17, 15) is 38.8 Å². The van der Waals surface area contributed by atoms with E-state index < -0.39 is 57.4 Å². The van der Waals surface area contributed by atoms with Gasteiger partial charge in [0.2, 0.25) is 0 Å². The van der Waals surface area contributed by atoms with Gasteiger partial charge in [-0.3, -0.25) is 5.10 Å². The van der Waals surface area contributed by atoms with Gasteiger partial charge < -0.3 is 4.74 Å². The monoisotopic (exact) mass is 502 g/mol. The van der Waals surface area contributed by atoms with E-state index in [0.29, 0.717) is 6.07 Å². The van der Waals surface area contributed by atoms with Gasteiger partial charge in [-0.1, -0.05) is 6.07 Å². The van der Waals surface area contributed by atoms with Crippen LogP contribution in [-0.4, -0.2) is 43.6 Å². The average molecular weight is 502 g/mol. The first-order chi connectivity index (χ1) is 14.5. The Morgan fingerprint density at radius 1 is 1.12 bits per heavy atom. The summed E-state index contributed by atoms with van der Waals surface area (Å²) in [4.78, 5) is -0.519. The number of nitrogens with zero attached hydrogens (tertiary/aromatic N) is 1. The highest BCUT2D eigenvalue weighted by Crippen LogP contribution is 2.43. The number of ether oxygens (including phenoxy) is 1. The Bertz CT molecular complexity index is 1220. The highest BCUT2D eigenvalue weighted by molar-refractivity contribution is 7.93. The molecule has 1 aliphatic rings. The minimum Gasteiger partial charge on any atom is -0.372 e. The van der Waals surface area contributed by atoms with E-state index in [-0.39, 0.29) is 32.1 Å². The maximum atomic E-state index is 13.4. The summed E-state index contributed by atoms with van der Waals surface area (Å²) in [6.07, 6.45) is -6.11. The molecule has 2 atom stereocenters. The molecule has 2 aromatic rings. The topological polar surface area (TPSA) is 106 Å². The van der Waals surface area contributed by atoms with Gasteiger partial charge in [0.15, 0.2) is 14.9 Å². The fraction of sp³-hybridized carbons (Fsp3) is 0.500. The molecule has 1 aliphatic heterocycles. The molecule has 178 valence electrons. The third-order valence-electron chi connectivity index (χ3n) is 5.36. The van der Waals surface area contributed by atoms with Crippen molar-refractivity contribution in [2.75, 3.05) is 6.61 Å². The largest absolute Gasteiger partial charge is 0.416 e. The van der Waals surface area contributed by atoms with E-state index in [1.165, 1.54) is 6.92 Å². The molecule has 32 heavy (non-hydrogen) atoms. The quantitative estimate of drug-likeness (QED) is 0.622. The molecule has 0 spiro atoms. The van der Waals surface area contributed by atoms with Gasteiger partial charge in [0, 0.05) is 19.6 Å². The number of H-pyrrole nitrogens is 1. The third-order valence-corrected chi connectivity index (χ3v) is 9.60. The van der Waals surface area contributed by atoms with Crippen LogP contribution in [0.1, 0.15) is 44.1 Å². The second kappa shape index (κ2) is 7.76. The van der Waals surface area contributed by atoms with Crippen LogP contribution in [0.15, 0.2) is 40.3 Å². The molecule has 1 aromatic carbocycles. The zero-order valence-corrected chi connectivity index (χ0v) is 18.4. The Morgan fingerprint density at radius 2 is 1.78 bits per heavy atom. The van der Waals surface area contributed by atoms with E-state index in [4.69, 9.17) is 4.74 Å². The van der Waals surface area contributed by atoms with E-state index in [2.05, 4.69) is 10.2 Å². The van der Waals surface area contributed by atoms with Crippen molar-refractivity contribution in [2.24, 2.45) is 0 Å². The number of nitrogens with one attached hydrogen (secondary N) is 1. The summed E-state index contributed by atoms with van der Waals surface area (Å²) < 4.78 is 120. The Balaban J connectivity index is 1.93. The second-order valence-corrected chi connectivity index (χ2v) is 12.4. The number of aromatic amines is 1. The number of sulfone groups is 2. The van der Waals surface area contributed by atoms with Crippen LogP contribution >= 0.6 is 0 Å². The van der Waals surface area contributed by atoms with Gasteiger partial charge in [-0.2, -0.15) is 27.1 Å². The molecule has 1 N–H and O–H groups in total.